The summed E-state index contributed by atoms with van der Waals surface area (Å²) in [6, 6.07) is 0.877. The van der Waals surface area contributed by atoms with Crippen LogP contribution in [0.25, 0.3) is 0 Å². The van der Waals surface area contributed by atoms with Gasteiger partial charge in [-0.25, -0.2) is 9.97 Å². The molecule has 3 rings (SSSR count). The van der Waals surface area contributed by atoms with E-state index in [-0.39, 0.29) is 0 Å². The quantitative estimate of drug-likeness (QED) is 0.899. The van der Waals surface area contributed by atoms with Gasteiger partial charge in [-0.2, -0.15) is 0 Å². The van der Waals surface area contributed by atoms with E-state index >= 15 is 0 Å². The highest BCUT2D eigenvalue weighted by molar-refractivity contribution is 5.58. The van der Waals surface area contributed by atoms with Gasteiger partial charge in [0.25, 0.3) is 0 Å². The number of aryl methyl sites for hydroxylation is 1. The molecule has 0 bridgehead atoms. The number of nitrogens with one attached hydrogen (secondary N) is 1. The van der Waals surface area contributed by atoms with Crippen LogP contribution in [0.4, 0.5) is 11.6 Å². The van der Waals surface area contributed by atoms with E-state index in [2.05, 4.69) is 33.9 Å². The summed E-state index contributed by atoms with van der Waals surface area (Å²) >= 11 is 0. The van der Waals surface area contributed by atoms with Crippen LogP contribution < -0.4 is 10.2 Å². The standard InChI is InChI=1S/C16H27N5/c1-4-5-14-18-15(17-3)12(2)16(19-14)21-10-8-20(9-11-21)13-6-7-13/h13H,4-11H2,1-3H3,(H,17,18,19). The summed E-state index contributed by atoms with van der Waals surface area (Å²) in [5.74, 6) is 3.08. The highest BCUT2D eigenvalue weighted by Gasteiger charge is 2.32. The van der Waals surface area contributed by atoms with Gasteiger partial charge in [0.1, 0.15) is 17.5 Å². The molecule has 1 aromatic rings. The summed E-state index contributed by atoms with van der Waals surface area (Å²) in [7, 11) is 1.94. The molecule has 5 heteroatoms. The normalized spacial score (nSPS) is 19.9. The summed E-state index contributed by atoms with van der Waals surface area (Å²) in [6.45, 7) is 8.82. The van der Waals surface area contributed by atoms with E-state index in [1.165, 1.54) is 31.5 Å². The SMILES string of the molecule is CCCc1nc(NC)c(C)c(N2CCN(C3CC3)CC2)n1. The molecule has 1 N–H and O–H groups in total. The van der Waals surface area contributed by atoms with Crippen molar-refractivity contribution >= 4 is 11.6 Å². The van der Waals surface area contributed by atoms with Crippen LogP contribution in [-0.2, 0) is 6.42 Å². The summed E-state index contributed by atoms with van der Waals surface area (Å²) in [5, 5.41) is 3.22. The Morgan fingerprint density at radius 3 is 2.43 bits per heavy atom. The van der Waals surface area contributed by atoms with E-state index in [0.29, 0.717) is 0 Å². The molecule has 5 nitrogen and oxygen atoms in total. The third kappa shape index (κ3) is 3.12. The molecule has 0 radical (unpaired) electrons. The molecule has 2 heterocycles. The van der Waals surface area contributed by atoms with Crippen LogP contribution in [-0.4, -0.2) is 54.1 Å². The van der Waals surface area contributed by atoms with Crippen molar-refractivity contribution in [2.75, 3.05) is 43.4 Å². The third-order valence-electron chi connectivity index (χ3n) is 4.55. The van der Waals surface area contributed by atoms with E-state index in [9.17, 15) is 0 Å². The molecular weight excluding hydrogens is 262 g/mol. The summed E-state index contributed by atoms with van der Waals surface area (Å²) in [4.78, 5) is 14.5. The summed E-state index contributed by atoms with van der Waals surface area (Å²) < 4.78 is 0. The van der Waals surface area contributed by atoms with Crippen LogP contribution in [0.5, 0.6) is 0 Å². The molecule has 2 aliphatic rings. The molecule has 1 saturated carbocycles. The molecule has 2 fully saturated rings. The Morgan fingerprint density at radius 1 is 1.14 bits per heavy atom. The van der Waals surface area contributed by atoms with Crippen molar-refractivity contribution < 1.29 is 0 Å². The Hall–Kier alpha value is -1.36. The molecule has 1 saturated heterocycles. The summed E-state index contributed by atoms with van der Waals surface area (Å²) in [5.41, 5.74) is 1.18. The average molecular weight is 289 g/mol. The maximum atomic E-state index is 4.84. The van der Waals surface area contributed by atoms with Crippen molar-refractivity contribution in [1.29, 1.82) is 0 Å². The van der Waals surface area contributed by atoms with Crippen molar-refractivity contribution in [2.45, 2.75) is 45.6 Å². The van der Waals surface area contributed by atoms with E-state index in [4.69, 9.17) is 4.98 Å². The minimum atomic E-state index is 0.877. The number of hydrogen-bond donors (Lipinski definition) is 1. The predicted octanol–water partition coefficient (Wildman–Crippen LogP) is 2.06. The maximum Gasteiger partial charge on any atom is 0.137 e. The first-order chi connectivity index (χ1) is 10.2. The zero-order chi connectivity index (χ0) is 14.8. The predicted molar refractivity (Wildman–Crippen MR) is 87.1 cm³/mol. The Labute approximate surface area is 127 Å². The molecule has 0 unspecified atom stereocenters. The first kappa shape index (κ1) is 14.6. The lowest BCUT2D eigenvalue weighted by atomic mass is 10.2. The van der Waals surface area contributed by atoms with Crippen molar-refractivity contribution in [3.63, 3.8) is 0 Å². The first-order valence-electron chi connectivity index (χ1n) is 8.27. The van der Waals surface area contributed by atoms with Crippen LogP contribution >= 0.6 is 0 Å². The molecular formula is C16H27N5. The molecule has 0 aromatic carbocycles. The lowest BCUT2D eigenvalue weighted by Crippen LogP contribution is -2.47. The zero-order valence-electron chi connectivity index (χ0n) is 13.5. The van der Waals surface area contributed by atoms with Crippen molar-refractivity contribution in [3.8, 4) is 0 Å². The molecule has 21 heavy (non-hydrogen) atoms. The van der Waals surface area contributed by atoms with Crippen LogP contribution in [0.2, 0.25) is 0 Å². The second kappa shape index (κ2) is 6.18. The number of hydrogen-bond acceptors (Lipinski definition) is 5. The van der Waals surface area contributed by atoms with Gasteiger partial charge in [0.2, 0.25) is 0 Å². The van der Waals surface area contributed by atoms with Crippen molar-refractivity contribution in [1.82, 2.24) is 14.9 Å². The largest absolute Gasteiger partial charge is 0.373 e. The molecule has 1 aliphatic carbocycles. The molecule has 0 atom stereocenters. The fraction of sp³-hybridized carbons (Fsp3) is 0.750. The fourth-order valence-electron chi connectivity index (χ4n) is 3.18. The number of rotatable bonds is 5. The minimum absolute atomic E-state index is 0.877. The zero-order valence-corrected chi connectivity index (χ0v) is 13.5. The smallest absolute Gasteiger partial charge is 0.137 e. The topological polar surface area (TPSA) is 44.3 Å². The van der Waals surface area contributed by atoms with Crippen molar-refractivity contribution in [2.24, 2.45) is 0 Å². The minimum Gasteiger partial charge on any atom is -0.373 e. The Morgan fingerprint density at radius 2 is 1.86 bits per heavy atom. The van der Waals surface area contributed by atoms with Gasteiger partial charge in [-0.1, -0.05) is 6.92 Å². The van der Waals surface area contributed by atoms with Gasteiger partial charge in [-0.15, -0.1) is 0 Å². The second-order valence-corrected chi connectivity index (χ2v) is 6.19. The van der Waals surface area contributed by atoms with Crippen LogP contribution in [0.15, 0.2) is 0 Å². The van der Waals surface area contributed by atoms with Crippen LogP contribution in [0, 0.1) is 6.92 Å². The number of anilines is 2. The fourth-order valence-corrected chi connectivity index (χ4v) is 3.18. The number of aromatic nitrogens is 2. The van der Waals surface area contributed by atoms with E-state index in [1.807, 2.05) is 7.05 Å². The third-order valence-corrected chi connectivity index (χ3v) is 4.55. The monoisotopic (exact) mass is 289 g/mol. The van der Waals surface area contributed by atoms with Gasteiger partial charge in [0.15, 0.2) is 0 Å². The molecule has 0 spiro atoms. The number of nitrogens with zero attached hydrogens (tertiary/aromatic N) is 4. The van der Waals surface area contributed by atoms with E-state index in [0.717, 1.165) is 49.4 Å². The molecule has 0 amide bonds. The van der Waals surface area contributed by atoms with E-state index < -0.39 is 0 Å². The van der Waals surface area contributed by atoms with Gasteiger partial charge >= 0.3 is 0 Å². The van der Waals surface area contributed by atoms with Gasteiger partial charge < -0.3 is 10.2 Å². The first-order valence-corrected chi connectivity index (χ1v) is 8.27. The number of piperazine rings is 1. The summed E-state index contributed by atoms with van der Waals surface area (Å²) in [6.07, 6.45) is 4.83. The Kier molecular flexibility index (Phi) is 4.29. The highest BCUT2D eigenvalue weighted by Crippen LogP contribution is 2.30. The van der Waals surface area contributed by atoms with Gasteiger partial charge in [-0.3, -0.25) is 4.90 Å². The van der Waals surface area contributed by atoms with Crippen LogP contribution in [0.1, 0.15) is 37.6 Å². The Balaban J connectivity index is 1.78. The Bertz CT molecular complexity index is 490. The van der Waals surface area contributed by atoms with Crippen molar-refractivity contribution in [3.05, 3.63) is 11.4 Å². The average Bonchev–Trinajstić information content (AvgIpc) is 3.34. The highest BCUT2D eigenvalue weighted by atomic mass is 15.3. The molecule has 116 valence electrons. The van der Waals surface area contributed by atoms with Crippen LogP contribution in [0.3, 0.4) is 0 Å². The lowest BCUT2D eigenvalue weighted by molar-refractivity contribution is 0.247. The van der Waals surface area contributed by atoms with Gasteiger partial charge in [-0.05, 0) is 26.2 Å². The lowest BCUT2D eigenvalue weighted by Gasteiger charge is -2.36. The maximum absolute atomic E-state index is 4.84. The van der Waals surface area contributed by atoms with E-state index in [1.54, 1.807) is 0 Å². The van der Waals surface area contributed by atoms with Gasteiger partial charge in [0, 0.05) is 51.3 Å². The second-order valence-electron chi connectivity index (χ2n) is 6.19. The van der Waals surface area contributed by atoms with Gasteiger partial charge in [0.05, 0.1) is 0 Å². The molecule has 1 aromatic heterocycles. The molecule has 1 aliphatic heterocycles.